The molecular weight excluding hydrogens is 308 g/mol. The average Bonchev–Trinajstić information content (AvgIpc) is 2.81. The van der Waals surface area contributed by atoms with Crippen LogP contribution in [0.1, 0.15) is 4.88 Å². The fraction of sp³-hybridized carbons (Fsp3) is 0.636. The topological polar surface area (TPSA) is 15.3 Å². The third kappa shape index (κ3) is 2.62. The van der Waals surface area contributed by atoms with E-state index in [0.29, 0.717) is 0 Å². The number of rotatable bonds is 2. The Kier molecular flexibility index (Phi) is 4.30. The molecule has 0 aliphatic carbocycles. The number of halogens is 2. The smallest absolute Gasteiger partial charge is 0.0701 e. The van der Waals surface area contributed by atoms with Crippen molar-refractivity contribution >= 4 is 39.7 Å². The van der Waals surface area contributed by atoms with Crippen LogP contribution in [0.2, 0.25) is 0 Å². The second-order valence-electron chi connectivity index (χ2n) is 4.58. The van der Waals surface area contributed by atoms with Crippen LogP contribution in [-0.4, -0.2) is 31.1 Å². The van der Waals surface area contributed by atoms with E-state index in [1.165, 1.54) is 34.8 Å². The van der Waals surface area contributed by atoms with Gasteiger partial charge in [-0.15, -0.1) is 23.7 Å². The van der Waals surface area contributed by atoms with Gasteiger partial charge in [-0.05, 0) is 53.0 Å². The Morgan fingerprint density at radius 3 is 2.56 bits per heavy atom. The number of thiophene rings is 1. The van der Waals surface area contributed by atoms with Gasteiger partial charge in [0.25, 0.3) is 0 Å². The van der Waals surface area contributed by atoms with E-state index in [-0.39, 0.29) is 12.4 Å². The van der Waals surface area contributed by atoms with E-state index >= 15 is 0 Å². The average molecular weight is 324 g/mol. The molecule has 0 amide bonds. The summed E-state index contributed by atoms with van der Waals surface area (Å²) in [4.78, 5) is 4.09. The van der Waals surface area contributed by atoms with Gasteiger partial charge in [0.15, 0.2) is 0 Å². The van der Waals surface area contributed by atoms with Crippen molar-refractivity contribution in [3.8, 4) is 0 Å². The molecule has 2 fully saturated rings. The fourth-order valence-electron chi connectivity index (χ4n) is 2.74. The predicted octanol–water partition coefficient (Wildman–Crippen LogP) is 2.58. The monoisotopic (exact) mass is 322 g/mol. The van der Waals surface area contributed by atoms with Crippen molar-refractivity contribution in [1.82, 2.24) is 10.2 Å². The molecule has 5 heteroatoms. The van der Waals surface area contributed by atoms with Crippen molar-refractivity contribution in [2.45, 2.75) is 6.54 Å². The van der Waals surface area contributed by atoms with Crippen LogP contribution >= 0.6 is 39.7 Å². The van der Waals surface area contributed by atoms with E-state index in [4.69, 9.17) is 0 Å². The third-order valence-corrected chi connectivity index (χ3v) is 5.08. The molecule has 16 heavy (non-hydrogen) atoms. The van der Waals surface area contributed by atoms with Gasteiger partial charge in [-0.1, -0.05) is 0 Å². The first-order valence-electron chi connectivity index (χ1n) is 5.48. The lowest BCUT2D eigenvalue weighted by atomic mass is 10.0. The van der Waals surface area contributed by atoms with E-state index < -0.39 is 0 Å². The molecule has 3 rings (SSSR count). The Morgan fingerprint density at radius 1 is 1.31 bits per heavy atom. The Morgan fingerprint density at radius 2 is 2.00 bits per heavy atom. The van der Waals surface area contributed by atoms with Gasteiger partial charge in [0.05, 0.1) is 3.79 Å². The summed E-state index contributed by atoms with van der Waals surface area (Å²) in [7, 11) is 0. The summed E-state index contributed by atoms with van der Waals surface area (Å²) in [5.74, 6) is 1.82. The standard InChI is InChI=1S/C11H15BrN2S.ClH/c12-11-2-1-10(15-11)7-14-5-8-3-13-4-9(8)6-14;/h1-2,8-9,13H,3-7H2;1H/t8-,9+;. The van der Waals surface area contributed by atoms with E-state index in [2.05, 4.69) is 38.3 Å². The first-order chi connectivity index (χ1) is 7.31. The number of nitrogens with one attached hydrogen (secondary N) is 1. The second kappa shape index (κ2) is 5.36. The van der Waals surface area contributed by atoms with Gasteiger partial charge in [0.2, 0.25) is 0 Å². The molecule has 1 aromatic heterocycles. The highest BCUT2D eigenvalue weighted by atomic mass is 79.9. The van der Waals surface area contributed by atoms with E-state index in [9.17, 15) is 0 Å². The second-order valence-corrected chi connectivity index (χ2v) is 7.13. The number of hydrogen-bond acceptors (Lipinski definition) is 3. The molecule has 3 heterocycles. The summed E-state index contributed by atoms with van der Waals surface area (Å²) in [6, 6.07) is 4.39. The van der Waals surface area contributed by atoms with Gasteiger partial charge in [-0.25, -0.2) is 0 Å². The Labute approximate surface area is 115 Å². The van der Waals surface area contributed by atoms with Crippen LogP contribution in [0.4, 0.5) is 0 Å². The Hall–Kier alpha value is 0.390. The van der Waals surface area contributed by atoms with Crippen molar-refractivity contribution in [1.29, 1.82) is 0 Å². The van der Waals surface area contributed by atoms with Crippen LogP contribution in [-0.2, 0) is 6.54 Å². The zero-order valence-electron chi connectivity index (χ0n) is 8.99. The van der Waals surface area contributed by atoms with E-state index in [1.54, 1.807) is 0 Å². The van der Waals surface area contributed by atoms with E-state index in [0.717, 1.165) is 18.4 Å². The number of likely N-dealkylation sites (tertiary alicyclic amines) is 1. The molecule has 0 bridgehead atoms. The summed E-state index contributed by atoms with van der Waals surface area (Å²) >= 11 is 5.38. The lowest BCUT2D eigenvalue weighted by Crippen LogP contribution is -2.24. The first kappa shape index (κ1) is 12.8. The normalized spacial score (nSPS) is 29.1. The number of nitrogens with zero attached hydrogens (tertiary/aromatic N) is 1. The van der Waals surface area contributed by atoms with Crippen molar-refractivity contribution < 1.29 is 0 Å². The molecule has 0 radical (unpaired) electrons. The minimum Gasteiger partial charge on any atom is -0.316 e. The van der Waals surface area contributed by atoms with Gasteiger partial charge in [0, 0.05) is 24.5 Å². The van der Waals surface area contributed by atoms with Gasteiger partial charge in [-0.2, -0.15) is 0 Å². The minimum absolute atomic E-state index is 0. The lowest BCUT2D eigenvalue weighted by molar-refractivity contribution is 0.308. The third-order valence-electron chi connectivity index (χ3n) is 3.47. The fourth-order valence-corrected chi connectivity index (χ4v) is 4.26. The van der Waals surface area contributed by atoms with Gasteiger partial charge in [0.1, 0.15) is 0 Å². The highest BCUT2D eigenvalue weighted by Crippen LogP contribution is 2.29. The van der Waals surface area contributed by atoms with Crippen molar-refractivity contribution in [3.05, 3.63) is 20.8 Å². The molecule has 2 aliphatic rings. The zero-order chi connectivity index (χ0) is 10.3. The predicted molar refractivity (Wildman–Crippen MR) is 74.4 cm³/mol. The summed E-state index contributed by atoms with van der Waals surface area (Å²) in [6.45, 7) is 6.17. The van der Waals surface area contributed by atoms with Crippen LogP contribution in [0, 0.1) is 11.8 Å². The largest absolute Gasteiger partial charge is 0.316 e. The van der Waals surface area contributed by atoms with Gasteiger partial charge in [-0.3, -0.25) is 4.90 Å². The molecule has 2 aliphatic heterocycles. The number of fused-ring (bicyclic) bond motifs is 1. The molecule has 1 aromatic rings. The summed E-state index contributed by atoms with van der Waals surface area (Å²) in [5.41, 5.74) is 0. The maximum Gasteiger partial charge on any atom is 0.0701 e. The molecule has 0 spiro atoms. The summed E-state index contributed by atoms with van der Waals surface area (Å²) < 4.78 is 1.25. The molecule has 90 valence electrons. The summed E-state index contributed by atoms with van der Waals surface area (Å²) in [5, 5.41) is 3.48. The molecule has 2 saturated heterocycles. The Bertz CT molecular complexity index is 346. The maximum absolute atomic E-state index is 3.52. The van der Waals surface area contributed by atoms with Crippen LogP contribution in [0.25, 0.3) is 0 Å². The quantitative estimate of drug-likeness (QED) is 0.900. The molecule has 2 atom stereocenters. The van der Waals surface area contributed by atoms with Gasteiger partial charge < -0.3 is 5.32 Å². The van der Waals surface area contributed by atoms with E-state index in [1.807, 2.05) is 11.3 Å². The molecule has 2 nitrogen and oxygen atoms in total. The SMILES string of the molecule is Brc1ccc(CN2C[C@H]3CNC[C@H]3C2)s1.Cl. The number of hydrogen-bond donors (Lipinski definition) is 1. The molecular formula is C11H16BrClN2S. The van der Waals surface area contributed by atoms with Crippen LogP contribution in [0.5, 0.6) is 0 Å². The molecule has 0 unspecified atom stereocenters. The van der Waals surface area contributed by atoms with Gasteiger partial charge >= 0.3 is 0 Å². The highest BCUT2D eigenvalue weighted by Gasteiger charge is 2.35. The van der Waals surface area contributed by atoms with Crippen LogP contribution in [0.3, 0.4) is 0 Å². The lowest BCUT2D eigenvalue weighted by Gasteiger charge is -2.15. The molecule has 0 aromatic carbocycles. The van der Waals surface area contributed by atoms with Crippen LogP contribution < -0.4 is 5.32 Å². The minimum atomic E-state index is 0. The zero-order valence-corrected chi connectivity index (χ0v) is 12.2. The van der Waals surface area contributed by atoms with Crippen molar-refractivity contribution in [2.24, 2.45) is 11.8 Å². The molecule has 0 saturated carbocycles. The maximum atomic E-state index is 3.52. The molecule has 1 N–H and O–H groups in total. The van der Waals surface area contributed by atoms with Crippen molar-refractivity contribution in [3.63, 3.8) is 0 Å². The first-order valence-corrected chi connectivity index (χ1v) is 7.09. The van der Waals surface area contributed by atoms with Crippen LogP contribution in [0.15, 0.2) is 15.9 Å². The summed E-state index contributed by atoms with van der Waals surface area (Å²) in [6.07, 6.45) is 0. The Balaban J connectivity index is 0.000000963. The van der Waals surface area contributed by atoms with Crippen molar-refractivity contribution in [2.75, 3.05) is 26.2 Å². The highest BCUT2D eigenvalue weighted by molar-refractivity contribution is 9.11.